The topological polar surface area (TPSA) is 54.0 Å². The SMILES string of the molecule is CC(NC(=O)[C@@H]1CNC[C@H]1C)c1cccnc1. The third-order valence-electron chi connectivity index (χ3n) is 3.40. The van der Waals surface area contributed by atoms with E-state index in [2.05, 4.69) is 22.5 Å². The number of pyridine rings is 1. The summed E-state index contributed by atoms with van der Waals surface area (Å²) in [5.41, 5.74) is 1.04. The van der Waals surface area contributed by atoms with Crippen LogP contribution in [0.15, 0.2) is 24.5 Å². The van der Waals surface area contributed by atoms with E-state index < -0.39 is 0 Å². The minimum absolute atomic E-state index is 0.0176. The summed E-state index contributed by atoms with van der Waals surface area (Å²) in [6, 6.07) is 3.88. The zero-order chi connectivity index (χ0) is 12.3. The predicted octanol–water partition coefficient (Wildman–Crippen LogP) is 1.11. The quantitative estimate of drug-likeness (QED) is 0.822. The van der Waals surface area contributed by atoms with Crippen LogP contribution in [0.3, 0.4) is 0 Å². The van der Waals surface area contributed by atoms with Crippen molar-refractivity contribution in [3.05, 3.63) is 30.1 Å². The van der Waals surface area contributed by atoms with Crippen LogP contribution < -0.4 is 10.6 Å². The van der Waals surface area contributed by atoms with Crippen molar-refractivity contribution in [3.63, 3.8) is 0 Å². The van der Waals surface area contributed by atoms with Gasteiger partial charge in [-0.15, -0.1) is 0 Å². The highest BCUT2D eigenvalue weighted by Crippen LogP contribution is 2.18. The van der Waals surface area contributed by atoms with Gasteiger partial charge in [0.15, 0.2) is 0 Å². The molecular formula is C13H19N3O. The minimum Gasteiger partial charge on any atom is -0.349 e. The van der Waals surface area contributed by atoms with Crippen LogP contribution in [-0.2, 0) is 4.79 Å². The van der Waals surface area contributed by atoms with Gasteiger partial charge in [0.25, 0.3) is 0 Å². The Bertz CT molecular complexity index is 380. The molecular weight excluding hydrogens is 214 g/mol. The number of carbonyl (C=O) groups excluding carboxylic acids is 1. The molecule has 1 aromatic heterocycles. The molecule has 92 valence electrons. The van der Waals surface area contributed by atoms with Gasteiger partial charge in [-0.05, 0) is 31.0 Å². The Morgan fingerprint density at radius 3 is 3.00 bits per heavy atom. The van der Waals surface area contributed by atoms with Crippen LogP contribution in [0.4, 0.5) is 0 Å². The van der Waals surface area contributed by atoms with E-state index >= 15 is 0 Å². The van der Waals surface area contributed by atoms with Crippen molar-refractivity contribution < 1.29 is 4.79 Å². The third-order valence-corrected chi connectivity index (χ3v) is 3.40. The molecule has 0 saturated carbocycles. The minimum atomic E-state index is 0.0176. The molecule has 1 aliphatic rings. The van der Waals surface area contributed by atoms with Gasteiger partial charge in [0.2, 0.25) is 5.91 Å². The molecule has 2 heterocycles. The summed E-state index contributed by atoms with van der Waals surface area (Å²) < 4.78 is 0. The summed E-state index contributed by atoms with van der Waals surface area (Å²) >= 11 is 0. The number of carbonyl (C=O) groups is 1. The number of amides is 1. The maximum absolute atomic E-state index is 12.1. The van der Waals surface area contributed by atoms with Gasteiger partial charge in [0, 0.05) is 18.9 Å². The molecule has 1 amide bonds. The molecule has 0 radical (unpaired) electrons. The first-order valence-electron chi connectivity index (χ1n) is 6.09. The molecule has 4 nitrogen and oxygen atoms in total. The molecule has 3 atom stereocenters. The highest BCUT2D eigenvalue weighted by molar-refractivity contribution is 5.80. The Labute approximate surface area is 102 Å². The summed E-state index contributed by atoms with van der Waals surface area (Å²) in [6.07, 6.45) is 3.53. The van der Waals surface area contributed by atoms with Gasteiger partial charge in [-0.3, -0.25) is 9.78 Å². The first kappa shape index (κ1) is 12.0. The van der Waals surface area contributed by atoms with E-state index in [-0.39, 0.29) is 17.9 Å². The second kappa shape index (κ2) is 5.27. The van der Waals surface area contributed by atoms with Crippen molar-refractivity contribution in [3.8, 4) is 0 Å². The number of hydrogen-bond acceptors (Lipinski definition) is 3. The number of aromatic nitrogens is 1. The normalized spacial score (nSPS) is 25.5. The average molecular weight is 233 g/mol. The Morgan fingerprint density at radius 1 is 1.59 bits per heavy atom. The zero-order valence-electron chi connectivity index (χ0n) is 10.3. The molecule has 1 aromatic rings. The average Bonchev–Trinajstić information content (AvgIpc) is 2.76. The lowest BCUT2D eigenvalue weighted by Gasteiger charge is -2.19. The van der Waals surface area contributed by atoms with Crippen LogP contribution in [0.5, 0.6) is 0 Å². The number of nitrogens with one attached hydrogen (secondary N) is 2. The second-order valence-electron chi connectivity index (χ2n) is 4.76. The van der Waals surface area contributed by atoms with Crippen molar-refractivity contribution >= 4 is 5.91 Å². The summed E-state index contributed by atoms with van der Waals surface area (Å²) in [5.74, 6) is 0.643. The standard InChI is InChI=1S/C13H19N3O/c1-9-6-15-8-12(9)13(17)16-10(2)11-4-3-5-14-7-11/h3-5,7,9-10,12,15H,6,8H2,1-2H3,(H,16,17)/t9-,10?,12-/m1/s1. The molecule has 2 N–H and O–H groups in total. The van der Waals surface area contributed by atoms with E-state index in [1.165, 1.54) is 0 Å². The number of hydrogen-bond donors (Lipinski definition) is 2. The molecule has 0 aliphatic carbocycles. The van der Waals surface area contributed by atoms with Crippen molar-refractivity contribution in [2.24, 2.45) is 11.8 Å². The summed E-state index contributed by atoms with van der Waals surface area (Å²) in [4.78, 5) is 16.1. The first-order valence-corrected chi connectivity index (χ1v) is 6.09. The van der Waals surface area contributed by atoms with Gasteiger partial charge in [0.05, 0.1) is 12.0 Å². The van der Waals surface area contributed by atoms with Crippen LogP contribution in [0.1, 0.15) is 25.5 Å². The fourth-order valence-electron chi connectivity index (χ4n) is 2.20. The molecule has 2 rings (SSSR count). The van der Waals surface area contributed by atoms with E-state index in [4.69, 9.17) is 0 Å². The smallest absolute Gasteiger partial charge is 0.225 e. The van der Waals surface area contributed by atoms with Crippen molar-refractivity contribution in [2.75, 3.05) is 13.1 Å². The van der Waals surface area contributed by atoms with Gasteiger partial charge >= 0.3 is 0 Å². The van der Waals surface area contributed by atoms with Crippen LogP contribution >= 0.6 is 0 Å². The Morgan fingerprint density at radius 2 is 2.41 bits per heavy atom. The zero-order valence-corrected chi connectivity index (χ0v) is 10.3. The van der Waals surface area contributed by atoms with Gasteiger partial charge in [-0.25, -0.2) is 0 Å². The third kappa shape index (κ3) is 2.82. The molecule has 1 fully saturated rings. The first-order chi connectivity index (χ1) is 8.18. The second-order valence-corrected chi connectivity index (χ2v) is 4.76. The predicted molar refractivity (Wildman–Crippen MR) is 66.3 cm³/mol. The van der Waals surface area contributed by atoms with Gasteiger partial charge in [-0.1, -0.05) is 13.0 Å². The molecule has 4 heteroatoms. The van der Waals surface area contributed by atoms with Crippen LogP contribution in [0.25, 0.3) is 0 Å². The Balaban J connectivity index is 1.95. The monoisotopic (exact) mass is 233 g/mol. The number of rotatable bonds is 3. The summed E-state index contributed by atoms with van der Waals surface area (Å²) in [7, 11) is 0. The van der Waals surface area contributed by atoms with Crippen LogP contribution in [0, 0.1) is 11.8 Å². The van der Waals surface area contributed by atoms with E-state index in [0.717, 1.165) is 18.7 Å². The van der Waals surface area contributed by atoms with Crippen molar-refractivity contribution in [1.82, 2.24) is 15.6 Å². The molecule has 1 saturated heterocycles. The molecule has 0 bridgehead atoms. The molecule has 0 aromatic carbocycles. The van der Waals surface area contributed by atoms with E-state index in [1.807, 2.05) is 19.1 Å². The number of nitrogens with zero attached hydrogens (tertiary/aromatic N) is 1. The fourth-order valence-corrected chi connectivity index (χ4v) is 2.20. The van der Waals surface area contributed by atoms with Crippen LogP contribution in [0.2, 0.25) is 0 Å². The van der Waals surface area contributed by atoms with E-state index in [9.17, 15) is 4.79 Å². The lowest BCUT2D eigenvalue weighted by Crippen LogP contribution is -2.35. The van der Waals surface area contributed by atoms with E-state index in [0.29, 0.717) is 5.92 Å². The highest BCUT2D eigenvalue weighted by atomic mass is 16.2. The molecule has 0 spiro atoms. The highest BCUT2D eigenvalue weighted by Gasteiger charge is 2.30. The Kier molecular flexibility index (Phi) is 3.74. The molecule has 1 aliphatic heterocycles. The maximum Gasteiger partial charge on any atom is 0.225 e. The lowest BCUT2D eigenvalue weighted by atomic mass is 9.96. The van der Waals surface area contributed by atoms with Crippen LogP contribution in [-0.4, -0.2) is 24.0 Å². The summed E-state index contributed by atoms with van der Waals surface area (Å²) in [5, 5.41) is 6.29. The summed E-state index contributed by atoms with van der Waals surface area (Å²) in [6.45, 7) is 5.81. The lowest BCUT2D eigenvalue weighted by molar-refractivity contribution is -0.126. The van der Waals surface area contributed by atoms with Gasteiger partial charge in [0.1, 0.15) is 0 Å². The van der Waals surface area contributed by atoms with Crippen molar-refractivity contribution in [2.45, 2.75) is 19.9 Å². The van der Waals surface area contributed by atoms with E-state index in [1.54, 1.807) is 12.4 Å². The Hall–Kier alpha value is -1.42. The van der Waals surface area contributed by atoms with Gasteiger partial charge < -0.3 is 10.6 Å². The van der Waals surface area contributed by atoms with Crippen molar-refractivity contribution in [1.29, 1.82) is 0 Å². The fraction of sp³-hybridized carbons (Fsp3) is 0.538. The molecule has 1 unspecified atom stereocenters. The largest absolute Gasteiger partial charge is 0.349 e. The van der Waals surface area contributed by atoms with Gasteiger partial charge in [-0.2, -0.15) is 0 Å². The maximum atomic E-state index is 12.1. The molecule has 17 heavy (non-hydrogen) atoms.